The van der Waals surface area contributed by atoms with Crippen LogP contribution in [0.25, 0.3) is 0 Å². The first-order valence-corrected chi connectivity index (χ1v) is 5.46. The van der Waals surface area contributed by atoms with Crippen LogP contribution >= 0.6 is 11.6 Å². The van der Waals surface area contributed by atoms with Gasteiger partial charge in [-0.25, -0.2) is 0 Å². The van der Waals surface area contributed by atoms with E-state index in [4.69, 9.17) is 16.7 Å². The van der Waals surface area contributed by atoms with E-state index in [9.17, 15) is 4.79 Å². The summed E-state index contributed by atoms with van der Waals surface area (Å²) in [6.45, 7) is 1.82. The molecular weight excluding hydrogens is 244 g/mol. The first kappa shape index (κ1) is 13.4. The van der Waals surface area contributed by atoms with E-state index in [1.807, 2.05) is 6.92 Å². The van der Waals surface area contributed by atoms with Crippen molar-refractivity contribution >= 4 is 29.1 Å². The Labute approximate surface area is 104 Å². The van der Waals surface area contributed by atoms with Gasteiger partial charge in [-0.15, -0.1) is 10.2 Å². The van der Waals surface area contributed by atoms with Gasteiger partial charge in [0, 0.05) is 12.1 Å². The maximum atomic E-state index is 10.3. The van der Waals surface area contributed by atoms with Gasteiger partial charge in [0.1, 0.15) is 0 Å². The number of aromatic nitrogens is 2. The van der Waals surface area contributed by atoms with Gasteiger partial charge in [-0.2, -0.15) is 5.10 Å². The molecule has 0 aliphatic heterocycles. The highest BCUT2D eigenvalue weighted by Gasteiger charge is 1.99. The summed E-state index contributed by atoms with van der Waals surface area (Å²) in [6.07, 6.45) is 1.34. The van der Waals surface area contributed by atoms with Gasteiger partial charge < -0.3 is 5.11 Å². The van der Waals surface area contributed by atoms with Crippen molar-refractivity contribution in [3.8, 4) is 0 Å². The molecular formula is C10H13ClN4O2. The number of nitrogens with zero attached hydrogens (tertiary/aromatic N) is 3. The molecule has 0 atom stereocenters. The van der Waals surface area contributed by atoms with E-state index in [0.717, 1.165) is 5.71 Å². The van der Waals surface area contributed by atoms with Gasteiger partial charge in [0.2, 0.25) is 0 Å². The Bertz CT molecular complexity index is 405. The van der Waals surface area contributed by atoms with Crippen molar-refractivity contribution in [3.63, 3.8) is 0 Å². The molecule has 1 aromatic heterocycles. The molecule has 0 saturated heterocycles. The van der Waals surface area contributed by atoms with E-state index in [1.165, 1.54) is 0 Å². The second-order valence-corrected chi connectivity index (χ2v) is 3.83. The molecule has 0 fully saturated rings. The molecule has 0 spiro atoms. The molecule has 7 heteroatoms. The Morgan fingerprint density at radius 3 is 2.82 bits per heavy atom. The van der Waals surface area contributed by atoms with Crippen molar-refractivity contribution in [2.24, 2.45) is 5.10 Å². The van der Waals surface area contributed by atoms with Crippen LogP contribution in [0.2, 0.25) is 5.15 Å². The number of hydrogen-bond acceptors (Lipinski definition) is 5. The summed E-state index contributed by atoms with van der Waals surface area (Å²) in [5.74, 6) is -0.304. The Kier molecular flexibility index (Phi) is 5.35. The second kappa shape index (κ2) is 6.80. The molecule has 17 heavy (non-hydrogen) atoms. The number of carbonyl (C=O) groups is 1. The first-order valence-electron chi connectivity index (χ1n) is 5.08. The van der Waals surface area contributed by atoms with Crippen molar-refractivity contribution < 1.29 is 9.90 Å². The summed E-state index contributed by atoms with van der Waals surface area (Å²) in [5, 5.41) is 20.3. The summed E-state index contributed by atoms with van der Waals surface area (Å²) in [6, 6.07) is 3.26. The lowest BCUT2D eigenvalue weighted by Crippen LogP contribution is -2.01. The van der Waals surface area contributed by atoms with E-state index >= 15 is 0 Å². The number of hydrogen-bond donors (Lipinski definition) is 2. The quantitative estimate of drug-likeness (QED) is 0.602. The van der Waals surface area contributed by atoms with Crippen molar-refractivity contribution in [2.75, 3.05) is 5.43 Å². The lowest BCUT2D eigenvalue weighted by atomic mass is 10.2. The van der Waals surface area contributed by atoms with Crippen LogP contribution in [-0.4, -0.2) is 27.0 Å². The standard InChI is InChI=1S/C10H13ClN4O2/c1-7(3-2-4-10(16)17)12-14-9-6-5-8(11)13-15-9/h5-6H,2-4H2,1H3,(H,14,15)(H,16,17). The highest BCUT2D eigenvalue weighted by molar-refractivity contribution is 6.29. The van der Waals surface area contributed by atoms with Gasteiger partial charge >= 0.3 is 5.97 Å². The van der Waals surface area contributed by atoms with Crippen LogP contribution in [0.4, 0.5) is 5.82 Å². The minimum Gasteiger partial charge on any atom is -0.481 e. The average Bonchev–Trinajstić information content (AvgIpc) is 2.28. The fourth-order valence-electron chi connectivity index (χ4n) is 1.08. The zero-order valence-electron chi connectivity index (χ0n) is 9.35. The normalized spacial score (nSPS) is 11.3. The highest BCUT2D eigenvalue weighted by atomic mass is 35.5. The summed E-state index contributed by atoms with van der Waals surface area (Å²) in [7, 11) is 0. The summed E-state index contributed by atoms with van der Waals surface area (Å²) in [5.41, 5.74) is 3.53. The molecule has 0 aliphatic carbocycles. The predicted molar refractivity (Wildman–Crippen MR) is 65.3 cm³/mol. The SMILES string of the molecule is CC(CCCC(=O)O)=NNc1ccc(Cl)nn1. The number of hydrazone groups is 1. The summed E-state index contributed by atoms with van der Waals surface area (Å²) in [4.78, 5) is 10.3. The zero-order valence-corrected chi connectivity index (χ0v) is 10.1. The molecule has 92 valence electrons. The Hall–Kier alpha value is -1.69. The third-order valence-corrected chi connectivity index (χ3v) is 2.12. The van der Waals surface area contributed by atoms with E-state index in [1.54, 1.807) is 12.1 Å². The fourth-order valence-corrected chi connectivity index (χ4v) is 1.18. The van der Waals surface area contributed by atoms with Crippen LogP contribution < -0.4 is 5.43 Å². The number of aliphatic carboxylic acids is 1. The fraction of sp³-hybridized carbons (Fsp3) is 0.400. The molecule has 0 bridgehead atoms. The Morgan fingerprint density at radius 1 is 1.47 bits per heavy atom. The molecule has 0 aliphatic rings. The largest absolute Gasteiger partial charge is 0.481 e. The number of carboxylic acid groups (broad SMARTS) is 1. The number of rotatable bonds is 6. The topological polar surface area (TPSA) is 87.5 Å². The average molecular weight is 257 g/mol. The third-order valence-electron chi connectivity index (χ3n) is 1.92. The highest BCUT2D eigenvalue weighted by Crippen LogP contribution is 2.06. The van der Waals surface area contributed by atoms with Crippen molar-refractivity contribution in [1.82, 2.24) is 10.2 Å². The zero-order chi connectivity index (χ0) is 12.7. The Morgan fingerprint density at radius 2 is 2.24 bits per heavy atom. The van der Waals surface area contributed by atoms with E-state index in [0.29, 0.717) is 23.8 Å². The molecule has 1 heterocycles. The molecule has 1 rings (SSSR count). The van der Waals surface area contributed by atoms with Crippen molar-refractivity contribution in [3.05, 3.63) is 17.3 Å². The van der Waals surface area contributed by atoms with Crippen molar-refractivity contribution in [2.45, 2.75) is 26.2 Å². The van der Waals surface area contributed by atoms with Gasteiger partial charge in [0.05, 0.1) is 0 Å². The minimum absolute atomic E-state index is 0.146. The van der Waals surface area contributed by atoms with Crippen LogP contribution in [0.5, 0.6) is 0 Å². The van der Waals surface area contributed by atoms with Crippen LogP contribution in [-0.2, 0) is 4.79 Å². The van der Waals surface area contributed by atoms with Crippen LogP contribution in [0.1, 0.15) is 26.2 Å². The van der Waals surface area contributed by atoms with Gasteiger partial charge in [-0.1, -0.05) is 11.6 Å². The molecule has 2 N–H and O–H groups in total. The van der Waals surface area contributed by atoms with Gasteiger partial charge in [0.25, 0.3) is 0 Å². The molecule has 0 saturated carbocycles. The summed E-state index contributed by atoms with van der Waals surface area (Å²) >= 11 is 5.58. The van der Waals surface area contributed by atoms with E-state index in [2.05, 4.69) is 20.7 Å². The monoisotopic (exact) mass is 256 g/mol. The predicted octanol–water partition coefficient (Wildman–Crippen LogP) is 2.17. The molecule has 0 unspecified atom stereocenters. The van der Waals surface area contributed by atoms with E-state index in [-0.39, 0.29) is 6.42 Å². The number of carboxylic acids is 1. The molecule has 0 aromatic carbocycles. The number of anilines is 1. The Balaban J connectivity index is 2.36. The number of halogens is 1. The second-order valence-electron chi connectivity index (χ2n) is 3.45. The van der Waals surface area contributed by atoms with Crippen LogP contribution in [0.15, 0.2) is 17.2 Å². The molecule has 1 aromatic rings. The summed E-state index contributed by atoms with van der Waals surface area (Å²) < 4.78 is 0. The lowest BCUT2D eigenvalue weighted by Gasteiger charge is -2.01. The first-order chi connectivity index (χ1) is 8.08. The maximum absolute atomic E-state index is 10.3. The number of nitrogens with one attached hydrogen (secondary N) is 1. The minimum atomic E-state index is -0.797. The smallest absolute Gasteiger partial charge is 0.303 e. The van der Waals surface area contributed by atoms with Gasteiger partial charge in [0.15, 0.2) is 11.0 Å². The van der Waals surface area contributed by atoms with E-state index < -0.39 is 5.97 Å². The molecule has 0 amide bonds. The van der Waals surface area contributed by atoms with Gasteiger partial charge in [-0.3, -0.25) is 10.2 Å². The van der Waals surface area contributed by atoms with Crippen molar-refractivity contribution in [1.29, 1.82) is 0 Å². The van der Waals surface area contributed by atoms with Crippen LogP contribution in [0, 0.1) is 0 Å². The van der Waals surface area contributed by atoms with Crippen LogP contribution in [0.3, 0.4) is 0 Å². The molecule has 0 radical (unpaired) electrons. The maximum Gasteiger partial charge on any atom is 0.303 e. The van der Waals surface area contributed by atoms with Gasteiger partial charge in [-0.05, 0) is 31.9 Å². The molecule has 6 nitrogen and oxygen atoms in total. The third kappa shape index (κ3) is 5.82. The lowest BCUT2D eigenvalue weighted by molar-refractivity contribution is -0.137.